The van der Waals surface area contributed by atoms with E-state index in [0.29, 0.717) is 0 Å². The predicted molar refractivity (Wildman–Crippen MR) is 92.1 cm³/mol. The fourth-order valence-corrected chi connectivity index (χ4v) is 4.11. The second kappa shape index (κ2) is 5.30. The molecule has 1 heterocycles. The number of hydrogen-bond acceptors (Lipinski definition) is 2. The van der Waals surface area contributed by atoms with E-state index in [2.05, 4.69) is 41.9 Å². The lowest BCUT2D eigenvalue weighted by Crippen LogP contribution is -2.03. The molecule has 0 bridgehead atoms. The molecule has 3 heteroatoms. The molecule has 0 spiro atoms. The Kier molecular flexibility index (Phi) is 3.65. The van der Waals surface area contributed by atoms with Gasteiger partial charge in [-0.05, 0) is 48.2 Å². The van der Waals surface area contributed by atoms with Gasteiger partial charge in [0, 0.05) is 24.6 Å². The second-order valence-corrected chi connectivity index (χ2v) is 6.88. The van der Waals surface area contributed by atoms with Crippen LogP contribution in [0.25, 0.3) is 20.2 Å². The van der Waals surface area contributed by atoms with Gasteiger partial charge >= 0.3 is 0 Å². The predicted octanol–water partition coefficient (Wildman–Crippen LogP) is 5.30. The monoisotopic (exact) mass is 346 g/mol. The van der Waals surface area contributed by atoms with Crippen molar-refractivity contribution in [2.45, 2.75) is 26.7 Å². The summed E-state index contributed by atoms with van der Waals surface area (Å²) in [7, 11) is 0. The zero-order chi connectivity index (χ0) is 14.3. The zero-order valence-electron chi connectivity index (χ0n) is 11.5. The Bertz CT molecular complexity index is 864. The van der Waals surface area contributed by atoms with E-state index in [4.69, 9.17) is 0 Å². The summed E-state index contributed by atoms with van der Waals surface area (Å²) in [5.74, 6) is 0. The van der Waals surface area contributed by atoms with Crippen molar-refractivity contribution in [3.05, 3.63) is 56.2 Å². The highest BCUT2D eigenvalue weighted by molar-refractivity contribution is 9.10. The molecule has 0 saturated carbocycles. The van der Waals surface area contributed by atoms with E-state index in [9.17, 15) is 4.79 Å². The van der Waals surface area contributed by atoms with E-state index < -0.39 is 0 Å². The summed E-state index contributed by atoms with van der Waals surface area (Å²) in [4.78, 5) is 12.8. The molecule has 102 valence electrons. The molecule has 0 aliphatic heterocycles. The smallest absolute Gasteiger partial charge is 0.195 e. The molecule has 3 aromatic rings. The van der Waals surface area contributed by atoms with Crippen molar-refractivity contribution >= 4 is 47.4 Å². The van der Waals surface area contributed by atoms with Gasteiger partial charge in [0.2, 0.25) is 0 Å². The van der Waals surface area contributed by atoms with Crippen molar-refractivity contribution in [3.63, 3.8) is 0 Å². The minimum atomic E-state index is 0.153. The van der Waals surface area contributed by atoms with Crippen molar-refractivity contribution < 1.29 is 0 Å². The Balaban J connectivity index is 2.52. The fourth-order valence-electron chi connectivity index (χ4n) is 2.53. The summed E-state index contributed by atoms with van der Waals surface area (Å²) < 4.78 is 3.16. The largest absolute Gasteiger partial charge is 0.289 e. The summed E-state index contributed by atoms with van der Waals surface area (Å²) in [6, 6.07) is 10.3. The van der Waals surface area contributed by atoms with Gasteiger partial charge in [-0.2, -0.15) is 0 Å². The summed E-state index contributed by atoms with van der Waals surface area (Å²) in [5.41, 5.74) is 2.68. The average Bonchev–Trinajstić information content (AvgIpc) is 2.47. The van der Waals surface area contributed by atoms with Crippen LogP contribution in [-0.4, -0.2) is 0 Å². The summed E-state index contributed by atoms with van der Waals surface area (Å²) in [6.45, 7) is 4.28. The highest BCUT2D eigenvalue weighted by Crippen LogP contribution is 2.30. The molecule has 0 saturated heterocycles. The van der Waals surface area contributed by atoms with Crippen molar-refractivity contribution in [1.29, 1.82) is 0 Å². The quantitative estimate of drug-likeness (QED) is 0.575. The maximum atomic E-state index is 12.8. The number of hydrogen-bond donors (Lipinski definition) is 0. The van der Waals surface area contributed by atoms with Crippen LogP contribution < -0.4 is 5.43 Å². The van der Waals surface area contributed by atoms with Crippen molar-refractivity contribution in [1.82, 2.24) is 0 Å². The molecule has 1 nitrogen and oxygen atoms in total. The highest BCUT2D eigenvalue weighted by Gasteiger charge is 2.10. The third kappa shape index (κ3) is 2.19. The lowest BCUT2D eigenvalue weighted by molar-refractivity contribution is 1.10. The maximum Gasteiger partial charge on any atom is 0.195 e. The second-order valence-electron chi connectivity index (χ2n) is 4.91. The normalized spacial score (nSPS) is 11.3. The Labute approximate surface area is 130 Å². The van der Waals surface area contributed by atoms with E-state index in [1.165, 1.54) is 11.1 Å². The Morgan fingerprint density at radius 3 is 2.55 bits per heavy atom. The van der Waals surface area contributed by atoms with Crippen molar-refractivity contribution in [3.8, 4) is 0 Å². The van der Waals surface area contributed by atoms with Gasteiger partial charge in [0.1, 0.15) is 0 Å². The van der Waals surface area contributed by atoms with Crippen LogP contribution in [0.2, 0.25) is 0 Å². The first kappa shape index (κ1) is 13.8. The van der Waals surface area contributed by atoms with Crippen molar-refractivity contribution in [2.24, 2.45) is 0 Å². The lowest BCUT2D eigenvalue weighted by atomic mass is 10.0. The molecule has 1 aromatic heterocycles. The minimum Gasteiger partial charge on any atom is -0.289 e. The van der Waals surface area contributed by atoms with Crippen LogP contribution in [0.5, 0.6) is 0 Å². The van der Waals surface area contributed by atoms with Crippen LogP contribution in [0.4, 0.5) is 0 Å². The molecule has 0 amide bonds. The van der Waals surface area contributed by atoms with Gasteiger partial charge in [-0.3, -0.25) is 4.79 Å². The number of fused-ring (bicyclic) bond motifs is 2. The van der Waals surface area contributed by atoms with Gasteiger partial charge in [0.05, 0.1) is 0 Å². The van der Waals surface area contributed by atoms with Crippen LogP contribution in [0.3, 0.4) is 0 Å². The summed E-state index contributed by atoms with van der Waals surface area (Å²) >= 11 is 5.18. The van der Waals surface area contributed by atoms with Crippen LogP contribution in [-0.2, 0) is 12.8 Å². The first-order valence-electron chi connectivity index (χ1n) is 6.82. The van der Waals surface area contributed by atoms with E-state index >= 15 is 0 Å². The first-order chi connectivity index (χ1) is 9.63. The molecule has 2 aromatic carbocycles. The fraction of sp³-hybridized carbons (Fsp3) is 0.235. The molecule has 0 radical (unpaired) electrons. The zero-order valence-corrected chi connectivity index (χ0v) is 13.9. The van der Waals surface area contributed by atoms with E-state index in [1.54, 1.807) is 11.3 Å². The van der Waals surface area contributed by atoms with Gasteiger partial charge in [0.25, 0.3) is 0 Å². The SMILES string of the molecule is CCc1cc(CC)c2sc3ccc(Br)cc3c(=O)c2c1. The van der Waals surface area contributed by atoms with Gasteiger partial charge in [-0.15, -0.1) is 11.3 Å². The minimum absolute atomic E-state index is 0.153. The Hall–Kier alpha value is -1.19. The van der Waals surface area contributed by atoms with E-state index in [-0.39, 0.29) is 5.43 Å². The third-order valence-electron chi connectivity index (χ3n) is 3.66. The van der Waals surface area contributed by atoms with E-state index in [0.717, 1.165) is 37.5 Å². The average molecular weight is 347 g/mol. The molecule has 0 aliphatic carbocycles. The van der Waals surface area contributed by atoms with Crippen LogP contribution >= 0.6 is 27.3 Å². The number of halogens is 1. The van der Waals surface area contributed by atoms with Crippen LogP contribution in [0.1, 0.15) is 25.0 Å². The highest BCUT2D eigenvalue weighted by atomic mass is 79.9. The van der Waals surface area contributed by atoms with Gasteiger partial charge in [-0.1, -0.05) is 35.8 Å². The Morgan fingerprint density at radius 2 is 1.85 bits per heavy atom. The van der Waals surface area contributed by atoms with Gasteiger partial charge in [0.15, 0.2) is 5.43 Å². The van der Waals surface area contributed by atoms with E-state index in [1.807, 2.05) is 18.2 Å². The molecule has 0 fully saturated rings. The Morgan fingerprint density at radius 1 is 1.05 bits per heavy atom. The first-order valence-corrected chi connectivity index (χ1v) is 8.42. The molecule has 3 rings (SSSR count). The number of rotatable bonds is 2. The molecule has 0 atom stereocenters. The van der Waals surface area contributed by atoms with Gasteiger partial charge in [-0.25, -0.2) is 0 Å². The molecule has 20 heavy (non-hydrogen) atoms. The van der Waals surface area contributed by atoms with Crippen LogP contribution in [0.15, 0.2) is 39.6 Å². The number of benzene rings is 2. The molecule has 0 aliphatic rings. The molecule has 0 N–H and O–H groups in total. The van der Waals surface area contributed by atoms with Crippen LogP contribution in [0, 0.1) is 0 Å². The standard InChI is InChI=1S/C17H15BrOS/c1-3-10-7-11(4-2)17-14(8-10)16(19)13-9-12(18)5-6-15(13)20-17/h5-9H,3-4H2,1-2H3. The molecular weight excluding hydrogens is 332 g/mol. The summed E-state index contributed by atoms with van der Waals surface area (Å²) in [5, 5.41) is 1.68. The molecular formula is C17H15BrOS. The third-order valence-corrected chi connectivity index (χ3v) is 5.41. The lowest BCUT2D eigenvalue weighted by Gasteiger charge is -2.08. The molecule has 0 unspecified atom stereocenters. The topological polar surface area (TPSA) is 17.1 Å². The van der Waals surface area contributed by atoms with Crippen molar-refractivity contribution in [2.75, 3.05) is 0 Å². The van der Waals surface area contributed by atoms with Gasteiger partial charge < -0.3 is 0 Å². The summed E-state index contributed by atoms with van der Waals surface area (Å²) in [6.07, 6.45) is 1.92. The number of aryl methyl sites for hydroxylation is 2. The maximum absolute atomic E-state index is 12.8.